The predicted molar refractivity (Wildman–Crippen MR) is 115 cm³/mol. The van der Waals surface area contributed by atoms with E-state index in [2.05, 4.69) is 53.3 Å². The number of nitrogens with zero attached hydrogens (tertiary/aromatic N) is 1. The summed E-state index contributed by atoms with van der Waals surface area (Å²) in [7, 11) is 0. The molecule has 4 rings (SSSR count). The van der Waals surface area contributed by atoms with Crippen LogP contribution in [0.5, 0.6) is 0 Å². The average molecular weight is 401 g/mol. The molecule has 0 N–H and O–H groups in total. The van der Waals surface area contributed by atoms with E-state index in [1.807, 2.05) is 29.4 Å². The van der Waals surface area contributed by atoms with Crippen LogP contribution in [0.25, 0.3) is 11.1 Å². The van der Waals surface area contributed by atoms with Crippen molar-refractivity contribution in [3.63, 3.8) is 0 Å². The first-order valence-corrected chi connectivity index (χ1v) is 9.84. The molecule has 0 atom stereocenters. The van der Waals surface area contributed by atoms with E-state index in [0.29, 0.717) is 0 Å². The Balaban J connectivity index is 1.52. The van der Waals surface area contributed by atoms with Gasteiger partial charge >= 0.3 is 0 Å². The van der Waals surface area contributed by atoms with Gasteiger partial charge < -0.3 is 0 Å². The van der Waals surface area contributed by atoms with Crippen LogP contribution < -0.4 is 0 Å². The first-order chi connectivity index (χ1) is 14.1. The van der Waals surface area contributed by atoms with Crippen LogP contribution in [0.3, 0.4) is 0 Å². The fourth-order valence-corrected chi connectivity index (χ4v) is 3.44. The van der Waals surface area contributed by atoms with Crippen LogP contribution >= 0.6 is 12.2 Å². The molecule has 1 fully saturated rings. The van der Waals surface area contributed by atoms with Gasteiger partial charge in [0, 0.05) is 11.6 Å². The van der Waals surface area contributed by atoms with Crippen LogP contribution in [0.4, 0.5) is 14.5 Å². The SMILES string of the molecule is Fc1cc(N=C=S)c(F)cc1C#Cc1ccc(-c2ccc(C3CCC3)cc2)cc1. The molecule has 0 aliphatic heterocycles. The van der Waals surface area contributed by atoms with E-state index in [9.17, 15) is 8.78 Å². The molecule has 0 saturated heterocycles. The third-order valence-corrected chi connectivity index (χ3v) is 5.34. The van der Waals surface area contributed by atoms with Gasteiger partial charge in [0.05, 0.1) is 10.7 Å². The highest BCUT2D eigenvalue weighted by atomic mass is 32.1. The molecular formula is C25H17F2NS. The summed E-state index contributed by atoms with van der Waals surface area (Å²) in [5.41, 5.74) is 4.17. The van der Waals surface area contributed by atoms with Gasteiger partial charge in [0.25, 0.3) is 0 Å². The van der Waals surface area contributed by atoms with Crippen molar-refractivity contribution in [2.75, 3.05) is 0 Å². The topological polar surface area (TPSA) is 12.4 Å². The summed E-state index contributed by atoms with van der Waals surface area (Å²) in [4.78, 5) is 3.49. The van der Waals surface area contributed by atoms with Crippen LogP contribution in [0.1, 0.15) is 41.9 Å². The Morgan fingerprint density at radius 1 is 0.828 bits per heavy atom. The highest BCUT2D eigenvalue weighted by Crippen LogP contribution is 2.36. The summed E-state index contributed by atoms with van der Waals surface area (Å²) >= 11 is 4.42. The number of thiocarbonyl (C=S) groups is 1. The lowest BCUT2D eigenvalue weighted by Crippen LogP contribution is -2.08. The first kappa shape index (κ1) is 19.2. The predicted octanol–water partition coefficient (Wildman–Crippen LogP) is 7.03. The second-order valence-corrected chi connectivity index (χ2v) is 7.25. The fraction of sp³-hybridized carbons (Fsp3) is 0.160. The first-order valence-electron chi connectivity index (χ1n) is 9.43. The molecule has 0 aromatic heterocycles. The van der Waals surface area contributed by atoms with Crippen molar-refractivity contribution in [1.82, 2.24) is 0 Å². The molecule has 3 aromatic rings. The summed E-state index contributed by atoms with van der Waals surface area (Å²) in [5.74, 6) is 4.94. The molecule has 0 bridgehead atoms. The van der Waals surface area contributed by atoms with Crippen molar-refractivity contribution in [1.29, 1.82) is 0 Å². The Morgan fingerprint density at radius 3 is 2.07 bits per heavy atom. The maximum absolute atomic E-state index is 14.1. The zero-order valence-corrected chi connectivity index (χ0v) is 16.4. The molecule has 0 radical (unpaired) electrons. The van der Waals surface area contributed by atoms with E-state index in [1.165, 1.54) is 24.8 Å². The molecule has 4 heteroatoms. The van der Waals surface area contributed by atoms with Crippen LogP contribution in [0.15, 0.2) is 65.7 Å². The maximum Gasteiger partial charge on any atom is 0.151 e. The molecule has 0 heterocycles. The highest BCUT2D eigenvalue weighted by molar-refractivity contribution is 7.78. The average Bonchev–Trinajstić information content (AvgIpc) is 2.69. The summed E-state index contributed by atoms with van der Waals surface area (Å²) in [6.45, 7) is 0. The summed E-state index contributed by atoms with van der Waals surface area (Å²) < 4.78 is 27.9. The summed E-state index contributed by atoms with van der Waals surface area (Å²) in [6.07, 6.45) is 3.91. The van der Waals surface area contributed by atoms with Crippen LogP contribution in [-0.2, 0) is 0 Å². The maximum atomic E-state index is 14.1. The Bertz CT molecular complexity index is 1140. The Labute approximate surface area is 174 Å². The molecule has 1 nitrogen and oxygen atoms in total. The van der Waals surface area contributed by atoms with E-state index >= 15 is 0 Å². The van der Waals surface area contributed by atoms with Crippen molar-refractivity contribution in [2.45, 2.75) is 25.2 Å². The molecular weight excluding hydrogens is 384 g/mol. The van der Waals surface area contributed by atoms with Crippen molar-refractivity contribution in [3.05, 3.63) is 89.0 Å². The second kappa shape index (κ2) is 8.49. The third-order valence-electron chi connectivity index (χ3n) is 5.25. The molecule has 142 valence electrons. The van der Waals surface area contributed by atoms with E-state index in [1.54, 1.807) is 0 Å². The summed E-state index contributed by atoms with van der Waals surface area (Å²) in [6, 6.07) is 18.4. The largest absolute Gasteiger partial charge is 0.206 e. The lowest BCUT2D eigenvalue weighted by atomic mass is 9.80. The van der Waals surface area contributed by atoms with Gasteiger partial charge in [0.15, 0.2) is 5.82 Å². The van der Waals surface area contributed by atoms with Gasteiger partial charge in [-0.15, -0.1) is 0 Å². The van der Waals surface area contributed by atoms with E-state index in [4.69, 9.17) is 0 Å². The van der Waals surface area contributed by atoms with Crippen LogP contribution in [-0.4, -0.2) is 5.16 Å². The number of hydrogen-bond donors (Lipinski definition) is 0. The monoisotopic (exact) mass is 401 g/mol. The van der Waals surface area contributed by atoms with Crippen molar-refractivity contribution < 1.29 is 8.78 Å². The Hall–Kier alpha value is -3.12. The number of aliphatic imine (C=N–C) groups is 1. The number of hydrogen-bond acceptors (Lipinski definition) is 2. The van der Waals surface area contributed by atoms with Gasteiger partial charge in [-0.05, 0) is 65.9 Å². The molecule has 1 saturated carbocycles. The zero-order valence-electron chi connectivity index (χ0n) is 15.6. The Morgan fingerprint density at radius 2 is 1.48 bits per heavy atom. The van der Waals surface area contributed by atoms with Gasteiger partial charge in [-0.1, -0.05) is 54.7 Å². The van der Waals surface area contributed by atoms with Crippen LogP contribution in [0, 0.1) is 23.5 Å². The normalized spacial score (nSPS) is 13.0. The van der Waals surface area contributed by atoms with Gasteiger partial charge in [0.1, 0.15) is 11.5 Å². The van der Waals surface area contributed by atoms with Crippen molar-refractivity contribution in [3.8, 4) is 23.0 Å². The molecule has 1 aliphatic carbocycles. The van der Waals surface area contributed by atoms with E-state index in [0.717, 1.165) is 34.7 Å². The number of rotatable bonds is 3. The highest BCUT2D eigenvalue weighted by Gasteiger charge is 2.18. The zero-order chi connectivity index (χ0) is 20.2. The van der Waals surface area contributed by atoms with Gasteiger partial charge in [0.2, 0.25) is 0 Å². The van der Waals surface area contributed by atoms with E-state index in [-0.39, 0.29) is 11.3 Å². The third kappa shape index (κ3) is 4.32. The second-order valence-electron chi connectivity index (χ2n) is 7.06. The van der Waals surface area contributed by atoms with Gasteiger partial charge in [-0.2, -0.15) is 4.99 Å². The molecule has 1 aliphatic rings. The van der Waals surface area contributed by atoms with Crippen molar-refractivity contribution in [2.24, 2.45) is 4.99 Å². The van der Waals surface area contributed by atoms with E-state index < -0.39 is 11.6 Å². The standard InChI is InChI=1S/C25H17F2NS/c26-23-15-25(28-16-29)24(27)14-22(23)9-6-17-4-7-19(8-5-17)21-12-10-20(11-13-21)18-2-1-3-18/h4-5,7-8,10-15,18H,1-3H2. The molecule has 0 spiro atoms. The fourth-order valence-electron chi connectivity index (χ4n) is 3.34. The minimum absolute atomic E-state index is 0.0264. The van der Waals surface area contributed by atoms with Gasteiger partial charge in [-0.25, -0.2) is 8.78 Å². The Kier molecular flexibility index (Phi) is 5.62. The quantitative estimate of drug-likeness (QED) is 0.261. The molecule has 29 heavy (non-hydrogen) atoms. The molecule has 0 unspecified atom stereocenters. The lowest BCUT2D eigenvalue weighted by molar-refractivity contribution is 0.420. The minimum Gasteiger partial charge on any atom is -0.206 e. The number of halogens is 2. The van der Waals surface area contributed by atoms with Crippen LogP contribution in [0.2, 0.25) is 0 Å². The van der Waals surface area contributed by atoms with Gasteiger partial charge in [-0.3, -0.25) is 0 Å². The minimum atomic E-state index is -0.686. The number of benzene rings is 3. The smallest absolute Gasteiger partial charge is 0.151 e. The lowest BCUT2D eigenvalue weighted by Gasteiger charge is -2.25. The van der Waals surface area contributed by atoms with Crippen molar-refractivity contribution >= 4 is 23.1 Å². The summed E-state index contributed by atoms with van der Waals surface area (Å²) in [5, 5.41) is 2.03. The molecule has 0 amide bonds. The molecule has 3 aromatic carbocycles. The number of isothiocyanates is 1.